The summed E-state index contributed by atoms with van der Waals surface area (Å²) in [6.45, 7) is 8.04. The minimum absolute atomic E-state index is 0.298. The van der Waals surface area contributed by atoms with Crippen LogP contribution in [0.5, 0.6) is 0 Å². The fraction of sp³-hybridized carbons (Fsp3) is 0.471. The lowest BCUT2D eigenvalue weighted by Gasteiger charge is -2.26. The molecule has 1 aromatic carbocycles. The van der Waals surface area contributed by atoms with Crippen LogP contribution in [-0.4, -0.2) is 28.3 Å². The van der Waals surface area contributed by atoms with Gasteiger partial charge in [-0.3, -0.25) is 4.90 Å². The second-order valence-electron chi connectivity index (χ2n) is 6.08. The van der Waals surface area contributed by atoms with Crippen LogP contribution in [0.2, 0.25) is 0 Å². The summed E-state index contributed by atoms with van der Waals surface area (Å²) >= 11 is 0. The lowest BCUT2D eigenvalue weighted by atomic mass is 10.1. The van der Waals surface area contributed by atoms with Gasteiger partial charge in [0.2, 0.25) is 0 Å². The molecule has 0 aliphatic rings. The average molecular weight is 306 g/mol. The number of aliphatic hydroxyl groups is 1. The van der Waals surface area contributed by atoms with E-state index in [1.165, 1.54) is 12.1 Å². The van der Waals surface area contributed by atoms with Crippen molar-refractivity contribution in [3.05, 3.63) is 53.2 Å². The highest BCUT2D eigenvalue weighted by atomic mass is 19.1. The zero-order chi connectivity index (χ0) is 16.1. The van der Waals surface area contributed by atoms with Crippen LogP contribution >= 0.6 is 0 Å². The molecule has 1 atom stereocenters. The van der Waals surface area contributed by atoms with Gasteiger partial charge in [0.25, 0.3) is 0 Å². The average Bonchev–Trinajstić information content (AvgIpc) is 2.84. The number of aryl methyl sites for hydroxylation is 1. The first-order valence-corrected chi connectivity index (χ1v) is 7.52. The number of nitrogens with zero attached hydrogens (tertiary/aromatic N) is 2. The first-order valence-electron chi connectivity index (χ1n) is 7.52. The zero-order valence-electron chi connectivity index (χ0n) is 13.3. The Morgan fingerprint density at radius 2 is 1.91 bits per heavy atom. The lowest BCUT2D eigenvalue weighted by molar-refractivity contribution is 0.100. The van der Waals surface area contributed by atoms with Crippen LogP contribution < -0.4 is 0 Å². The third kappa shape index (κ3) is 4.93. The molecule has 0 radical (unpaired) electrons. The smallest absolute Gasteiger partial charge is 0.133 e. The Balaban J connectivity index is 2.03. The number of halogens is 1. The van der Waals surface area contributed by atoms with Gasteiger partial charge >= 0.3 is 0 Å². The van der Waals surface area contributed by atoms with Gasteiger partial charge in [-0.2, -0.15) is 0 Å². The Morgan fingerprint density at radius 1 is 1.23 bits per heavy atom. The molecule has 0 bridgehead atoms. The van der Waals surface area contributed by atoms with Gasteiger partial charge in [-0.1, -0.05) is 31.1 Å². The summed E-state index contributed by atoms with van der Waals surface area (Å²) in [6.07, 6.45) is -0.660. The summed E-state index contributed by atoms with van der Waals surface area (Å²) < 4.78 is 18.1. The fourth-order valence-electron chi connectivity index (χ4n) is 2.48. The summed E-state index contributed by atoms with van der Waals surface area (Å²) in [5.41, 5.74) is 1.57. The maximum Gasteiger partial charge on any atom is 0.133 e. The highest BCUT2D eigenvalue weighted by Gasteiger charge is 2.16. The first-order chi connectivity index (χ1) is 10.4. The maximum atomic E-state index is 13.0. The van der Waals surface area contributed by atoms with Crippen LogP contribution in [0.1, 0.15) is 37.0 Å². The summed E-state index contributed by atoms with van der Waals surface area (Å²) in [4.78, 5) is 2.13. The fourth-order valence-corrected chi connectivity index (χ4v) is 2.48. The summed E-state index contributed by atoms with van der Waals surface area (Å²) in [5.74, 6) is 0.944. The van der Waals surface area contributed by atoms with Gasteiger partial charge in [0.15, 0.2) is 0 Å². The largest absolute Gasteiger partial charge is 0.387 e. The van der Waals surface area contributed by atoms with Crippen molar-refractivity contribution in [2.45, 2.75) is 33.4 Å². The Bertz CT molecular complexity index is 581. The Kier molecular flexibility index (Phi) is 5.69. The van der Waals surface area contributed by atoms with Gasteiger partial charge in [0.1, 0.15) is 11.6 Å². The van der Waals surface area contributed by atoms with E-state index in [9.17, 15) is 9.50 Å². The molecular weight excluding hydrogens is 283 g/mol. The monoisotopic (exact) mass is 306 g/mol. The molecule has 0 aliphatic heterocycles. The minimum atomic E-state index is -0.660. The normalized spacial score (nSPS) is 13.0. The van der Waals surface area contributed by atoms with Crippen LogP contribution in [0.3, 0.4) is 0 Å². The molecule has 0 amide bonds. The molecule has 2 rings (SSSR count). The van der Waals surface area contributed by atoms with Crippen LogP contribution in [0.4, 0.5) is 4.39 Å². The van der Waals surface area contributed by atoms with E-state index in [-0.39, 0.29) is 5.82 Å². The molecule has 4 nitrogen and oxygen atoms in total. The van der Waals surface area contributed by atoms with Crippen LogP contribution in [0, 0.1) is 18.7 Å². The van der Waals surface area contributed by atoms with Crippen LogP contribution in [0.15, 0.2) is 34.9 Å². The van der Waals surface area contributed by atoms with E-state index in [2.05, 4.69) is 23.9 Å². The summed E-state index contributed by atoms with van der Waals surface area (Å²) in [7, 11) is 0. The molecule has 0 saturated carbocycles. The second kappa shape index (κ2) is 7.51. The van der Waals surface area contributed by atoms with E-state index < -0.39 is 6.10 Å². The van der Waals surface area contributed by atoms with E-state index in [1.807, 2.05) is 13.0 Å². The number of benzene rings is 1. The molecule has 120 valence electrons. The maximum absolute atomic E-state index is 13.0. The Morgan fingerprint density at radius 3 is 2.45 bits per heavy atom. The molecular formula is C17H23FN2O2. The van der Waals surface area contributed by atoms with E-state index >= 15 is 0 Å². The van der Waals surface area contributed by atoms with Crippen molar-refractivity contribution in [3.8, 4) is 0 Å². The predicted octanol–water partition coefficient (Wildman–Crippen LogP) is 3.31. The van der Waals surface area contributed by atoms with Gasteiger partial charge < -0.3 is 9.63 Å². The SMILES string of the molecule is Cc1cc(CN(CC(C)C)CC(O)c2ccc(F)cc2)no1. The zero-order valence-corrected chi connectivity index (χ0v) is 13.3. The highest BCUT2D eigenvalue weighted by molar-refractivity contribution is 5.18. The number of hydrogen-bond acceptors (Lipinski definition) is 4. The third-order valence-electron chi connectivity index (χ3n) is 3.37. The first kappa shape index (κ1) is 16.6. The standard InChI is InChI=1S/C17H23FN2O2/c1-12(2)9-20(10-16-8-13(3)22-19-16)11-17(21)14-4-6-15(18)7-5-14/h4-8,12,17,21H,9-11H2,1-3H3. The van der Waals surface area contributed by atoms with Crippen molar-refractivity contribution in [2.24, 2.45) is 5.92 Å². The number of aromatic nitrogens is 1. The van der Waals surface area contributed by atoms with Gasteiger partial charge in [0, 0.05) is 25.7 Å². The molecule has 2 aromatic rings. The minimum Gasteiger partial charge on any atom is -0.387 e. The quantitative estimate of drug-likeness (QED) is 0.852. The molecule has 0 fully saturated rings. The molecule has 0 aliphatic carbocycles. The highest BCUT2D eigenvalue weighted by Crippen LogP contribution is 2.17. The van der Waals surface area contributed by atoms with Crippen molar-refractivity contribution in [1.29, 1.82) is 0 Å². The van der Waals surface area contributed by atoms with E-state index in [1.54, 1.807) is 12.1 Å². The van der Waals surface area contributed by atoms with E-state index in [0.717, 1.165) is 18.0 Å². The molecule has 1 N–H and O–H groups in total. The lowest BCUT2D eigenvalue weighted by Crippen LogP contribution is -2.31. The van der Waals surface area contributed by atoms with E-state index in [4.69, 9.17) is 4.52 Å². The number of aliphatic hydroxyl groups excluding tert-OH is 1. The summed E-state index contributed by atoms with van der Waals surface area (Å²) in [5, 5.41) is 14.4. The number of hydrogen-bond donors (Lipinski definition) is 1. The number of rotatable bonds is 7. The molecule has 0 spiro atoms. The molecule has 0 saturated heterocycles. The van der Waals surface area contributed by atoms with Crippen molar-refractivity contribution in [3.63, 3.8) is 0 Å². The molecule has 1 aromatic heterocycles. The van der Waals surface area contributed by atoms with Gasteiger partial charge in [-0.15, -0.1) is 0 Å². The molecule has 1 unspecified atom stereocenters. The Hall–Kier alpha value is -1.72. The topological polar surface area (TPSA) is 49.5 Å². The van der Waals surface area contributed by atoms with Crippen LogP contribution in [-0.2, 0) is 6.54 Å². The predicted molar refractivity (Wildman–Crippen MR) is 82.7 cm³/mol. The van der Waals surface area contributed by atoms with Crippen molar-refractivity contribution >= 4 is 0 Å². The third-order valence-corrected chi connectivity index (χ3v) is 3.37. The van der Waals surface area contributed by atoms with Crippen molar-refractivity contribution in [2.75, 3.05) is 13.1 Å². The molecule has 1 heterocycles. The van der Waals surface area contributed by atoms with Gasteiger partial charge in [0.05, 0.1) is 11.8 Å². The summed E-state index contributed by atoms with van der Waals surface area (Å²) in [6, 6.07) is 7.87. The second-order valence-corrected chi connectivity index (χ2v) is 6.08. The van der Waals surface area contributed by atoms with Gasteiger partial charge in [-0.05, 0) is 30.5 Å². The molecule has 22 heavy (non-hydrogen) atoms. The van der Waals surface area contributed by atoms with Crippen molar-refractivity contribution < 1.29 is 14.0 Å². The molecule has 5 heteroatoms. The van der Waals surface area contributed by atoms with Gasteiger partial charge in [-0.25, -0.2) is 4.39 Å². The van der Waals surface area contributed by atoms with Crippen LogP contribution in [0.25, 0.3) is 0 Å². The Labute approximate surface area is 130 Å². The van der Waals surface area contributed by atoms with Crippen molar-refractivity contribution in [1.82, 2.24) is 10.1 Å². The van der Waals surface area contributed by atoms with E-state index in [0.29, 0.717) is 24.6 Å².